The molecular formula is C4H12NOS+. The first kappa shape index (κ1) is 7.11. The Hall–Kier alpha value is 0.110. The molecule has 0 aliphatic carbocycles. The Morgan fingerprint density at radius 1 is 1.43 bits per heavy atom. The van der Waals surface area contributed by atoms with Crippen LogP contribution in [-0.4, -0.2) is 8.96 Å². The second kappa shape index (κ2) is 1.92. The fraction of sp³-hybridized carbons (Fsp3) is 1.00. The summed E-state index contributed by atoms with van der Waals surface area (Å²) in [6.45, 7) is 5.70. The Labute approximate surface area is 46.7 Å². The average Bonchev–Trinajstić information content (AvgIpc) is 1.31. The van der Waals surface area contributed by atoms with Gasteiger partial charge in [0.05, 0.1) is 4.75 Å². The van der Waals surface area contributed by atoms with Gasteiger partial charge in [0, 0.05) is 0 Å². The molecule has 2 nitrogen and oxygen atoms in total. The summed E-state index contributed by atoms with van der Waals surface area (Å²) in [5, 5.41) is 3.38. The monoisotopic (exact) mass is 122 g/mol. The quantitative estimate of drug-likeness (QED) is 0.470. The van der Waals surface area contributed by atoms with Gasteiger partial charge in [-0.3, -0.25) is 5.14 Å². The fourth-order valence-corrected chi connectivity index (χ4v) is 0. The Kier molecular flexibility index (Phi) is 1.95. The standard InChI is InChI=1S/C4H11NOS/c1-4(2,3)7(5)6/h5H2,1-3H3/p+1. The van der Waals surface area contributed by atoms with Crippen LogP contribution in [0.3, 0.4) is 0 Å². The van der Waals surface area contributed by atoms with E-state index in [-0.39, 0.29) is 4.75 Å². The van der Waals surface area contributed by atoms with Crippen molar-refractivity contribution in [1.82, 2.24) is 0 Å². The minimum absolute atomic E-state index is 0.139. The summed E-state index contributed by atoms with van der Waals surface area (Å²) in [6.07, 6.45) is 0. The molecule has 3 N–H and O–H groups in total. The smallest absolute Gasteiger partial charge is 0.207 e. The normalized spacial score (nSPS) is 16.6. The molecule has 0 aromatic rings. The second-order valence-electron chi connectivity index (χ2n) is 2.46. The molecule has 0 aliphatic rings. The largest absolute Gasteiger partial charge is 0.272 e. The van der Waals surface area contributed by atoms with Crippen molar-refractivity contribution in [2.75, 3.05) is 0 Å². The van der Waals surface area contributed by atoms with Crippen molar-refractivity contribution in [3.05, 3.63) is 0 Å². The molecule has 1 unspecified atom stereocenters. The van der Waals surface area contributed by atoms with E-state index < -0.39 is 11.0 Å². The van der Waals surface area contributed by atoms with Crippen LogP contribution < -0.4 is 5.14 Å². The zero-order valence-electron chi connectivity index (χ0n) is 5.02. The van der Waals surface area contributed by atoms with Crippen LogP contribution in [0, 0.1) is 0 Å². The molecule has 44 valence electrons. The zero-order valence-corrected chi connectivity index (χ0v) is 5.84. The Balaban J connectivity index is 3.79. The van der Waals surface area contributed by atoms with E-state index >= 15 is 0 Å². The van der Waals surface area contributed by atoms with Crippen LogP contribution in [0.5, 0.6) is 0 Å². The maximum atomic E-state index is 10.5. The van der Waals surface area contributed by atoms with Gasteiger partial charge in [-0.2, -0.15) is 4.21 Å². The maximum absolute atomic E-state index is 10.5. The molecule has 7 heavy (non-hydrogen) atoms. The number of quaternary nitrogens is 1. The van der Waals surface area contributed by atoms with E-state index in [1.54, 1.807) is 0 Å². The fourth-order valence-electron chi connectivity index (χ4n) is 0. The van der Waals surface area contributed by atoms with E-state index in [2.05, 4.69) is 5.14 Å². The molecule has 0 amide bonds. The van der Waals surface area contributed by atoms with E-state index in [1.165, 1.54) is 0 Å². The van der Waals surface area contributed by atoms with Gasteiger partial charge in [-0.15, -0.1) is 0 Å². The second-order valence-corrected chi connectivity index (χ2v) is 4.37. The van der Waals surface area contributed by atoms with E-state index in [1.807, 2.05) is 20.8 Å². The van der Waals surface area contributed by atoms with E-state index in [4.69, 9.17) is 0 Å². The highest BCUT2D eigenvalue weighted by atomic mass is 32.2. The third-order valence-corrected chi connectivity index (χ3v) is 2.05. The molecule has 0 rings (SSSR count). The van der Waals surface area contributed by atoms with Crippen LogP contribution in [-0.2, 0) is 11.0 Å². The summed E-state index contributed by atoms with van der Waals surface area (Å²) in [4.78, 5) is 0. The minimum Gasteiger partial charge on any atom is -0.272 e. The zero-order chi connectivity index (χ0) is 6.08. The summed E-state index contributed by atoms with van der Waals surface area (Å²) < 4.78 is 10.3. The van der Waals surface area contributed by atoms with Crippen molar-refractivity contribution in [2.24, 2.45) is 0 Å². The maximum Gasteiger partial charge on any atom is 0.207 e. The first-order valence-electron chi connectivity index (χ1n) is 2.16. The van der Waals surface area contributed by atoms with Crippen molar-refractivity contribution in [2.45, 2.75) is 25.5 Å². The average molecular weight is 122 g/mol. The third kappa shape index (κ3) is 2.76. The van der Waals surface area contributed by atoms with Gasteiger partial charge in [0.1, 0.15) is 0 Å². The molecule has 0 spiro atoms. The van der Waals surface area contributed by atoms with Crippen LogP contribution in [0.15, 0.2) is 0 Å². The lowest BCUT2D eigenvalue weighted by Crippen LogP contribution is -2.58. The molecule has 1 atom stereocenters. The van der Waals surface area contributed by atoms with E-state index in [9.17, 15) is 4.21 Å². The first-order valence-corrected chi connectivity index (χ1v) is 3.48. The molecule has 0 aliphatic heterocycles. The van der Waals surface area contributed by atoms with Crippen molar-refractivity contribution >= 4 is 11.0 Å². The molecule has 0 saturated carbocycles. The predicted octanol–water partition coefficient (Wildman–Crippen LogP) is -0.310. The highest BCUT2D eigenvalue weighted by molar-refractivity contribution is 7.79. The van der Waals surface area contributed by atoms with Crippen LogP contribution in [0.1, 0.15) is 20.8 Å². The molecule has 0 radical (unpaired) electrons. The molecular weight excluding hydrogens is 110 g/mol. The number of rotatable bonds is 0. The Bertz CT molecular complexity index is 84.2. The lowest BCUT2D eigenvalue weighted by molar-refractivity contribution is -0.156. The molecule has 0 bridgehead atoms. The summed E-state index contributed by atoms with van der Waals surface area (Å²) in [5.41, 5.74) is 0. The molecule has 0 saturated heterocycles. The van der Waals surface area contributed by atoms with Gasteiger partial charge in [0.25, 0.3) is 0 Å². The topological polar surface area (TPSA) is 44.7 Å². The van der Waals surface area contributed by atoms with Gasteiger partial charge in [-0.1, -0.05) is 0 Å². The van der Waals surface area contributed by atoms with Crippen LogP contribution in [0.25, 0.3) is 0 Å². The number of hydrogen-bond acceptors (Lipinski definition) is 1. The van der Waals surface area contributed by atoms with Gasteiger partial charge >= 0.3 is 0 Å². The third-order valence-electron chi connectivity index (χ3n) is 0.683. The van der Waals surface area contributed by atoms with E-state index in [0.717, 1.165) is 0 Å². The molecule has 0 aromatic carbocycles. The molecule has 0 fully saturated rings. The van der Waals surface area contributed by atoms with Gasteiger partial charge in [-0.05, 0) is 20.8 Å². The summed E-state index contributed by atoms with van der Waals surface area (Å²) in [7, 11) is -0.933. The van der Waals surface area contributed by atoms with Gasteiger partial charge in [0.2, 0.25) is 11.0 Å². The SMILES string of the molecule is CC(C)(C)S([NH3+])=O. The van der Waals surface area contributed by atoms with Gasteiger partial charge < -0.3 is 0 Å². The highest BCUT2D eigenvalue weighted by Crippen LogP contribution is 2.03. The van der Waals surface area contributed by atoms with Crippen LogP contribution in [0.2, 0.25) is 0 Å². The highest BCUT2D eigenvalue weighted by Gasteiger charge is 2.18. The first-order chi connectivity index (χ1) is 2.94. The molecule has 0 aromatic heterocycles. The summed E-state index contributed by atoms with van der Waals surface area (Å²) in [6, 6.07) is 0. The Morgan fingerprint density at radius 3 is 1.57 bits per heavy atom. The lowest BCUT2D eigenvalue weighted by atomic mass is 10.3. The molecule has 3 heteroatoms. The summed E-state index contributed by atoms with van der Waals surface area (Å²) >= 11 is 0. The van der Waals surface area contributed by atoms with Crippen molar-refractivity contribution < 1.29 is 9.35 Å². The van der Waals surface area contributed by atoms with Crippen LogP contribution >= 0.6 is 0 Å². The summed E-state index contributed by atoms with van der Waals surface area (Å²) in [5.74, 6) is 0. The number of hydrogen-bond donors (Lipinski definition) is 1. The molecule has 0 heterocycles. The van der Waals surface area contributed by atoms with Crippen LogP contribution in [0.4, 0.5) is 0 Å². The van der Waals surface area contributed by atoms with Gasteiger partial charge in [0.15, 0.2) is 0 Å². The van der Waals surface area contributed by atoms with Gasteiger partial charge in [-0.25, -0.2) is 0 Å². The van der Waals surface area contributed by atoms with Crippen molar-refractivity contribution in [1.29, 1.82) is 0 Å². The Morgan fingerprint density at radius 2 is 1.57 bits per heavy atom. The minimum atomic E-state index is -0.933. The lowest BCUT2D eigenvalue weighted by Gasteiger charge is -2.07. The predicted molar refractivity (Wildman–Crippen MR) is 30.8 cm³/mol. The van der Waals surface area contributed by atoms with E-state index in [0.29, 0.717) is 0 Å². The van der Waals surface area contributed by atoms with Crippen molar-refractivity contribution in [3.8, 4) is 0 Å². The van der Waals surface area contributed by atoms with Crippen molar-refractivity contribution in [3.63, 3.8) is 0 Å².